The van der Waals surface area contributed by atoms with Crippen LogP contribution in [0.15, 0.2) is 84.5 Å². The van der Waals surface area contributed by atoms with E-state index in [2.05, 4.69) is 69.2 Å². The number of hydrogen-bond donors (Lipinski definition) is 1. The Hall–Kier alpha value is -2.50. The van der Waals surface area contributed by atoms with Crippen molar-refractivity contribution in [3.8, 4) is 22.4 Å². The van der Waals surface area contributed by atoms with Gasteiger partial charge in [0.1, 0.15) is 0 Å². The molecule has 0 saturated carbocycles. The third-order valence-electron chi connectivity index (χ3n) is 3.70. The van der Waals surface area contributed by atoms with E-state index in [0.717, 1.165) is 22.1 Å². The molecule has 2 aromatic carbocycles. The first-order valence-corrected chi connectivity index (χ1v) is 8.55. The van der Waals surface area contributed by atoms with Crippen LogP contribution in [0.4, 0.5) is 10.8 Å². The average Bonchev–Trinajstić information content (AvgIpc) is 3.12. The van der Waals surface area contributed by atoms with E-state index in [9.17, 15) is 0 Å². The van der Waals surface area contributed by atoms with Crippen molar-refractivity contribution in [1.82, 2.24) is 9.97 Å². The lowest BCUT2D eigenvalue weighted by Gasteiger charge is -2.03. The summed E-state index contributed by atoms with van der Waals surface area (Å²) < 4.78 is 0. The van der Waals surface area contributed by atoms with Crippen molar-refractivity contribution in [3.63, 3.8) is 0 Å². The lowest BCUT2D eigenvalue weighted by atomic mass is 10.0. The normalized spacial score (nSPS) is 10.1. The topological polar surface area (TPSA) is 37.8 Å². The third-order valence-corrected chi connectivity index (χ3v) is 4.46. The van der Waals surface area contributed by atoms with Gasteiger partial charge in [-0.3, -0.25) is 4.98 Å². The molecule has 0 aliphatic rings. The van der Waals surface area contributed by atoms with Crippen LogP contribution in [-0.2, 0) is 0 Å². The number of aromatic nitrogens is 2. The van der Waals surface area contributed by atoms with Gasteiger partial charge >= 0.3 is 0 Å². The summed E-state index contributed by atoms with van der Waals surface area (Å²) in [4.78, 5) is 8.76. The zero-order valence-electron chi connectivity index (χ0n) is 13.3. The summed E-state index contributed by atoms with van der Waals surface area (Å²) >= 11 is 1.59. The molecule has 0 aliphatic carbocycles. The van der Waals surface area contributed by atoms with E-state index in [1.807, 2.05) is 18.2 Å². The van der Waals surface area contributed by atoms with Gasteiger partial charge in [-0.1, -0.05) is 54.6 Å². The quantitative estimate of drug-likeness (QED) is 0.436. The van der Waals surface area contributed by atoms with Crippen molar-refractivity contribution in [3.05, 3.63) is 84.5 Å². The molecule has 4 aromatic rings. The van der Waals surface area contributed by atoms with Gasteiger partial charge < -0.3 is 5.32 Å². The summed E-state index contributed by atoms with van der Waals surface area (Å²) in [5, 5.41) is 6.21. The number of benzene rings is 2. The van der Waals surface area contributed by atoms with Gasteiger partial charge in [0.05, 0.1) is 17.6 Å². The molecule has 0 atom stereocenters. The minimum Gasteiger partial charge on any atom is -0.330 e. The van der Waals surface area contributed by atoms with Crippen molar-refractivity contribution < 1.29 is 0 Å². The molecule has 0 unspecified atom stereocenters. The molecule has 0 aliphatic heterocycles. The fraction of sp³-hybridized carbons (Fsp3) is 0. The summed E-state index contributed by atoms with van der Waals surface area (Å²) in [5.41, 5.74) is 5.47. The Morgan fingerprint density at radius 2 is 1.48 bits per heavy atom. The van der Waals surface area contributed by atoms with E-state index >= 15 is 0 Å². The van der Waals surface area contributed by atoms with Crippen LogP contribution in [-0.4, -0.2) is 9.97 Å². The van der Waals surface area contributed by atoms with E-state index < -0.39 is 0 Å². The third kappa shape index (κ3) is 4.13. The van der Waals surface area contributed by atoms with Crippen molar-refractivity contribution >= 4 is 39.1 Å². The van der Waals surface area contributed by atoms with Crippen molar-refractivity contribution in [2.24, 2.45) is 0 Å². The number of rotatable bonds is 4. The van der Waals surface area contributed by atoms with E-state index in [4.69, 9.17) is 0 Å². The number of halogens is 1. The van der Waals surface area contributed by atoms with Crippen LogP contribution in [0, 0.1) is 0 Å². The Bertz CT molecular complexity index is 922. The van der Waals surface area contributed by atoms with Crippen LogP contribution in [0.25, 0.3) is 22.4 Å². The van der Waals surface area contributed by atoms with Gasteiger partial charge in [0.2, 0.25) is 0 Å². The second-order valence-electron chi connectivity index (χ2n) is 5.35. The van der Waals surface area contributed by atoms with Gasteiger partial charge in [0, 0.05) is 17.1 Å². The predicted octanol–water partition coefficient (Wildman–Crippen LogP) is 6.19. The van der Waals surface area contributed by atoms with Crippen LogP contribution >= 0.6 is 28.3 Å². The maximum absolute atomic E-state index is 4.66. The maximum atomic E-state index is 4.66. The SMILES string of the molecule is Br.c1ccc(-c2ccc(-c3csc(Nc4cccnc4)n3)cc2)cc1. The van der Waals surface area contributed by atoms with Gasteiger partial charge in [0.25, 0.3) is 0 Å². The smallest absolute Gasteiger partial charge is 0.187 e. The van der Waals surface area contributed by atoms with Crippen molar-refractivity contribution in [2.45, 2.75) is 0 Å². The number of anilines is 2. The number of thiazole rings is 1. The molecule has 2 aromatic heterocycles. The highest BCUT2D eigenvalue weighted by Gasteiger charge is 2.05. The van der Waals surface area contributed by atoms with Crippen LogP contribution in [0.1, 0.15) is 0 Å². The summed E-state index contributed by atoms with van der Waals surface area (Å²) in [6.07, 6.45) is 3.54. The second kappa shape index (κ2) is 8.05. The fourth-order valence-corrected chi connectivity index (χ4v) is 3.23. The monoisotopic (exact) mass is 409 g/mol. The summed E-state index contributed by atoms with van der Waals surface area (Å²) in [5.74, 6) is 0. The molecule has 0 fully saturated rings. The fourth-order valence-electron chi connectivity index (χ4n) is 2.49. The molecule has 124 valence electrons. The molecule has 0 bridgehead atoms. The van der Waals surface area contributed by atoms with Crippen LogP contribution < -0.4 is 5.32 Å². The summed E-state index contributed by atoms with van der Waals surface area (Å²) in [6.45, 7) is 0. The molecule has 5 heteroatoms. The van der Waals surface area contributed by atoms with E-state index in [1.165, 1.54) is 11.1 Å². The molecule has 0 spiro atoms. The molecule has 0 radical (unpaired) electrons. The predicted molar refractivity (Wildman–Crippen MR) is 111 cm³/mol. The first-order valence-electron chi connectivity index (χ1n) is 7.67. The minimum atomic E-state index is 0. The summed E-state index contributed by atoms with van der Waals surface area (Å²) in [6, 6.07) is 22.8. The van der Waals surface area contributed by atoms with E-state index in [-0.39, 0.29) is 17.0 Å². The molecule has 2 heterocycles. The Kier molecular flexibility index (Phi) is 5.58. The molecule has 0 amide bonds. The number of pyridine rings is 1. The highest BCUT2D eigenvalue weighted by molar-refractivity contribution is 8.93. The molecule has 1 N–H and O–H groups in total. The molecule has 4 rings (SSSR count). The minimum absolute atomic E-state index is 0. The molecule has 0 saturated heterocycles. The van der Waals surface area contributed by atoms with Gasteiger partial charge in [-0.25, -0.2) is 4.98 Å². The van der Waals surface area contributed by atoms with Crippen molar-refractivity contribution in [2.75, 3.05) is 5.32 Å². The molecule has 3 nitrogen and oxygen atoms in total. The lowest BCUT2D eigenvalue weighted by Crippen LogP contribution is -1.89. The first-order chi connectivity index (χ1) is 11.9. The van der Waals surface area contributed by atoms with Crippen LogP contribution in [0.5, 0.6) is 0 Å². The Labute approximate surface area is 161 Å². The van der Waals surface area contributed by atoms with Crippen LogP contribution in [0.2, 0.25) is 0 Å². The zero-order valence-corrected chi connectivity index (χ0v) is 15.8. The molecular formula is C20H16BrN3S. The second-order valence-corrected chi connectivity index (χ2v) is 6.21. The highest BCUT2D eigenvalue weighted by Crippen LogP contribution is 2.28. The van der Waals surface area contributed by atoms with Gasteiger partial charge in [0.15, 0.2) is 5.13 Å². The first kappa shape index (κ1) is 17.3. The summed E-state index contributed by atoms with van der Waals surface area (Å²) in [7, 11) is 0. The molecular weight excluding hydrogens is 394 g/mol. The van der Waals surface area contributed by atoms with Gasteiger partial charge in [-0.05, 0) is 23.3 Å². The number of nitrogens with zero attached hydrogens (tertiary/aromatic N) is 2. The van der Waals surface area contributed by atoms with Gasteiger partial charge in [-0.2, -0.15) is 0 Å². The highest BCUT2D eigenvalue weighted by atomic mass is 79.9. The Balaban J connectivity index is 0.00000182. The Morgan fingerprint density at radius 3 is 2.20 bits per heavy atom. The number of hydrogen-bond acceptors (Lipinski definition) is 4. The standard InChI is InChI=1S/C20H15N3S.BrH/c1-2-5-15(6-3-1)16-8-10-17(11-9-16)19-14-24-20(23-19)22-18-7-4-12-21-13-18;/h1-14H,(H,22,23);1H. The van der Waals surface area contributed by atoms with E-state index in [0.29, 0.717) is 0 Å². The Morgan fingerprint density at radius 1 is 0.760 bits per heavy atom. The largest absolute Gasteiger partial charge is 0.330 e. The number of nitrogens with one attached hydrogen (secondary N) is 1. The maximum Gasteiger partial charge on any atom is 0.187 e. The average molecular weight is 410 g/mol. The van der Waals surface area contributed by atoms with Crippen molar-refractivity contribution in [1.29, 1.82) is 0 Å². The molecule has 25 heavy (non-hydrogen) atoms. The van der Waals surface area contributed by atoms with Crippen LogP contribution in [0.3, 0.4) is 0 Å². The van der Waals surface area contributed by atoms with Gasteiger partial charge in [-0.15, -0.1) is 28.3 Å². The zero-order chi connectivity index (χ0) is 16.2. The van der Waals surface area contributed by atoms with E-state index in [1.54, 1.807) is 23.7 Å². The lowest BCUT2D eigenvalue weighted by molar-refractivity contribution is 1.31.